The molecule has 0 bridgehead atoms. The Morgan fingerprint density at radius 3 is 2.53 bits per heavy atom. The molecule has 0 spiro atoms. The van der Waals surface area contributed by atoms with E-state index in [0.717, 1.165) is 0 Å². The van der Waals surface area contributed by atoms with Gasteiger partial charge in [0, 0.05) is 18.2 Å². The van der Waals surface area contributed by atoms with E-state index >= 15 is 0 Å². The largest absolute Gasteiger partial charge is 0.574 e. The molecule has 0 saturated carbocycles. The van der Waals surface area contributed by atoms with Crippen LogP contribution in [-0.2, 0) is 6.54 Å². The maximum absolute atomic E-state index is 11.9. The average Bonchev–Trinajstić information content (AvgIpc) is 2.14. The highest BCUT2D eigenvalue weighted by molar-refractivity contribution is 5.43. The number of hydrogen-bond acceptors (Lipinski definition) is 5. The van der Waals surface area contributed by atoms with E-state index in [1.54, 1.807) is 4.98 Å². The molecule has 3 N–H and O–H groups in total. The van der Waals surface area contributed by atoms with Crippen LogP contribution in [0.25, 0.3) is 0 Å². The maximum atomic E-state index is 11.9. The van der Waals surface area contributed by atoms with Gasteiger partial charge < -0.3 is 10.5 Å². The number of hydrogen-bond donors (Lipinski definition) is 2. The van der Waals surface area contributed by atoms with Gasteiger partial charge in [0.2, 0.25) is 0 Å². The number of pyridine rings is 1. The fourth-order valence-corrected chi connectivity index (χ4v) is 1.02. The van der Waals surface area contributed by atoms with Crippen molar-refractivity contribution >= 4 is 5.69 Å². The fourth-order valence-electron chi connectivity index (χ4n) is 1.02. The van der Waals surface area contributed by atoms with Crippen molar-refractivity contribution in [2.75, 3.05) is 0 Å². The summed E-state index contributed by atoms with van der Waals surface area (Å²) in [5.74, 6) is -1.27. The van der Waals surface area contributed by atoms with E-state index in [1.807, 2.05) is 0 Å². The summed E-state index contributed by atoms with van der Waals surface area (Å²) in [6.45, 7) is -0.345. The molecule has 0 aliphatic heterocycles. The highest BCUT2D eigenvalue weighted by atomic mass is 19.4. The van der Waals surface area contributed by atoms with Crippen molar-refractivity contribution in [3.8, 4) is 5.88 Å². The van der Waals surface area contributed by atoms with Gasteiger partial charge in [-0.15, -0.1) is 13.2 Å². The second kappa shape index (κ2) is 4.41. The van der Waals surface area contributed by atoms with Gasteiger partial charge in [-0.2, -0.15) is 0 Å². The number of alkyl halides is 3. The predicted octanol–water partition coefficient (Wildman–Crippen LogP) is 0.640. The number of ether oxygens (including phenoxy) is 1. The molecule has 10 heteroatoms. The predicted molar refractivity (Wildman–Crippen MR) is 48.3 cm³/mol. The molecular weight excluding hydrogens is 247 g/mol. The van der Waals surface area contributed by atoms with E-state index in [1.165, 1.54) is 0 Å². The smallest absolute Gasteiger partial charge is 0.382 e. The van der Waals surface area contributed by atoms with Gasteiger partial charge in [-0.25, -0.2) is 0 Å². The summed E-state index contributed by atoms with van der Waals surface area (Å²) in [7, 11) is 0. The summed E-state index contributed by atoms with van der Waals surface area (Å²) in [5.41, 5.74) is 2.89. The van der Waals surface area contributed by atoms with Crippen molar-refractivity contribution in [2.45, 2.75) is 12.9 Å². The standard InChI is InChI=1S/C7H6F3N3O4/c8-7(9,10)17-6-4(13(15)16)1-3(2-11)5(14)12-6/h1H,2,11H2,(H,12,14). The Hall–Kier alpha value is -2.10. The first-order chi connectivity index (χ1) is 7.74. The minimum Gasteiger partial charge on any atom is -0.382 e. The zero-order chi connectivity index (χ0) is 13.2. The molecule has 0 aromatic carbocycles. The molecule has 0 aliphatic rings. The van der Waals surface area contributed by atoms with Crippen LogP contribution in [0.3, 0.4) is 0 Å². The highest BCUT2D eigenvalue weighted by Gasteiger charge is 2.35. The Balaban J connectivity index is 3.33. The van der Waals surface area contributed by atoms with Crippen LogP contribution < -0.4 is 16.0 Å². The zero-order valence-corrected chi connectivity index (χ0v) is 8.08. The second-order valence-corrected chi connectivity index (χ2v) is 2.85. The summed E-state index contributed by atoms with van der Waals surface area (Å²) in [4.78, 5) is 22.1. The Morgan fingerprint density at radius 1 is 1.53 bits per heavy atom. The molecule has 94 valence electrons. The molecule has 7 nitrogen and oxygen atoms in total. The van der Waals surface area contributed by atoms with Gasteiger partial charge in [0.05, 0.1) is 4.92 Å². The van der Waals surface area contributed by atoms with Gasteiger partial charge in [-0.3, -0.25) is 19.9 Å². The van der Waals surface area contributed by atoms with E-state index < -0.39 is 28.4 Å². The van der Waals surface area contributed by atoms with Crippen molar-refractivity contribution in [3.05, 3.63) is 32.1 Å². The van der Waals surface area contributed by atoms with Gasteiger partial charge >= 0.3 is 12.0 Å². The summed E-state index contributed by atoms with van der Waals surface area (Å²) in [6, 6.07) is 0.639. The van der Waals surface area contributed by atoms with Crippen molar-refractivity contribution in [1.82, 2.24) is 4.98 Å². The minimum absolute atomic E-state index is 0.216. The van der Waals surface area contributed by atoms with Crippen LogP contribution in [0.15, 0.2) is 10.9 Å². The number of halogens is 3. The summed E-state index contributed by atoms with van der Waals surface area (Å²) in [6.07, 6.45) is -5.14. The van der Waals surface area contributed by atoms with Gasteiger partial charge in [0.15, 0.2) is 0 Å². The second-order valence-electron chi connectivity index (χ2n) is 2.85. The van der Waals surface area contributed by atoms with Crippen LogP contribution in [0.1, 0.15) is 5.56 Å². The molecule has 0 atom stereocenters. The van der Waals surface area contributed by atoms with E-state index in [9.17, 15) is 28.1 Å². The maximum Gasteiger partial charge on any atom is 0.574 e. The van der Waals surface area contributed by atoms with Gasteiger partial charge in [0.1, 0.15) is 0 Å². The van der Waals surface area contributed by atoms with Gasteiger partial charge in [-0.1, -0.05) is 0 Å². The van der Waals surface area contributed by atoms with Gasteiger partial charge in [-0.05, 0) is 0 Å². The van der Waals surface area contributed by atoms with Crippen molar-refractivity contribution in [1.29, 1.82) is 0 Å². The summed E-state index contributed by atoms with van der Waals surface area (Å²) >= 11 is 0. The van der Waals surface area contributed by atoms with Crippen LogP contribution in [0.2, 0.25) is 0 Å². The van der Waals surface area contributed by atoms with Crippen LogP contribution >= 0.6 is 0 Å². The Bertz CT molecular complexity index is 496. The lowest BCUT2D eigenvalue weighted by Gasteiger charge is -2.08. The summed E-state index contributed by atoms with van der Waals surface area (Å²) in [5, 5.41) is 10.5. The van der Waals surface area contributed by atoms with Crippen LogP contribution in [-0.4, -0.2) is 16.3 Å². The SMILES string of the molecule is NCc1cc([N+](=O)[O-])c(OC(F)(F)F)[nH]c1=O. The molecule has 1 aromatic heterocycles. The first kappa shape index (κ1) is 13.0. The molecular formula is C7H6F3N3O4. The highest BCUT2D eigenvalue weighted by Crippen LogP contribution is 2.28. The Kier molecular flexibility index (Phi) is 3.36. The molecule has 0 saturated heterocycles. The minimum atomic E-state index is -5.14. The van der Waals surface area contributed by atoms with Crippen LogP contribution in [0, 0.1) is 10.1 Å². The van der Waals surface area contributed by atoms with E-state index in [-0.39, 0.29) is 12.1 Å². The van der Waals surface area contributed by atoms with E-state index in [2.05, 4.69) is 4.74 Å². The monoisotopic (exact) mass is 253 g/mol. The third kappa shape index (κ3) is 3.17. The molecule has 1 aromatic rings. The molecule has 1 heterocycles. The average molecular weight is 253 g/mol. The number of aromatic nitrogens is 1. The van der Waals surface area contributed by atoms with Crippen molar-refractivity contribution in [3.63, 3.8) is 0 Å². The normalized spacial score (nSPS) is 11.3. The number of H-pyrrole nitrogens is 1. The van der Waals surface area contributed by atoms with E-state index in [4.69, 9.17) is 5.73 Å². The van der Waals surface area contributed by atoms with Crippen LogP contribution in [0.5, 0.6) is 5.88 Å². The third-order valence-electron chi connectivity index (χ3n) is 1.70. The quantitative estimate of drug-likeness (QED) is 0.606. The number of nitrogens with two attached hydrogens (primary N) is 1. The molecule has 0 radical (unpaired) electrons. The lowest BCUT2D eigenvalue weighted by atomic mass is 10.2. The Labute approximate surface area is 91.1 Å². The first-order valence-corrected chi connectivity index (χ1v) is 4.11. The van der Waals surface area contributed by atoms with Gasteiger partial charge in [0.25, 0.3) is 11.4 Å². The Morgan fingerprint density at radius 2 is 2.12 bits per heavy atom. The molecule has 0 fully saturated rings. The van der Waals surface area contributed by atoms with Crippen molar-refractivity contribution in [2.24, 2.45) is 5.73 Å². The molecule has 17 heavy (non-hydrogen) atoms. The van der Waals surface area contributed by atoms with Crippen LogP contribution in [0.4, 0.5) is 18.9 Å². The topological polar surface area (TPSA) is 111 Å². The molecule has 1 rings (SSSR count). The lowest BCUT2D eigenvalue weighted by Crippen LogP contribution is -2.23. The lowest BCUT2D eigenvalue weighted by molar-refractivity contribution is -0.389. The zero-order valence-electron chi connectivity index (χ0n) is 8.08. The molecule has 0 aliphatic carbocycles. The summed E-state index contributed by atoms with van der Waals surface area (Å²) < 4.78 is 39.1. The molecule has 0 amide bonds. The molecule has 0 unspecified atom stereocenters. The number of aromatic amines is 1. The first-order valence-electron chi connectivity index (χ1n) is 4.11. The number of nitrogens with zero attached hydrogens (tertiary/aromatic N) is 1. The van der Waals surface area contributed by atoms with Crippen molar-refractivity contribution < 1.29 is 22.8 Å². The number of nitro groups is 1. The fraction of sp³-hybridized carbons (Fsp3) is 0.286. The number of rotatable bonds is 3. The third-order valence-corrected chi connectivity index (χ3v) is 1.70. The number of nitrogens with one attached hydrogen (secondary N) is 1. The van der Waals surface area contributed by atoms with E-state index in [0.29, 0.717) is 6.07 Å².